The molecule has 0 spiro atoms. The quantitative estimate of drug-likeness (QED) is 0.279. The van der Waals surface area contributed by atoms with Gasteiger partial charge in [0.25, 0.3) is 5.91 Å². The molecule has 3 fully saturated rings. The number of alkyl halides is 3. The number of carbonyl (C=O) groups is 3. The van der Waals surface area contributed by atoms with Crippen molar-refractivity contribution in [2.24, 2.45) is 23.7 Å². The fourth-order valence-corrected chi connectivity index (χ4v) is 6.82. The van der Waals surface area contributed by atoms with E-state index in [1.165, 1.54) is 13.2 Å². The number of esters is 1. The van der Waals surface area contributed by atoms with E-state index in [-0.39, 0.29) is 52.7 Å². The molecule has 0 unspecified atom stereocenters. The first kappa shape index (κ1) is 31.5. The van der Waals surface area contributed by atoms with Crippen molar-refractivity contribution in [3.8, 4) is 11.5 Å². The largest absolute Gasteiger partial charge is 0.496 e. The smallest absolute Gasteiger partial charge is 0.416 e. The predicted octanol–water partition coefficient (Wildman–Crippen LogP) is 5.53. The molecule has 4 atom stereocenters. The van der Waals surface area contributed by atoms with Gasteiger partial charge in [-0.3, -0.25) is 14.4 Å². The Morgan fingerprint density at radius 1 is 1.00 bits per heavy atom. The molecule has 2 bridgehead atoms. The number of halogens is 4. The third kappa shape index (κ3) is 6.76. The lowest BCUT2D eigenvalue weighted by atomic mass is 9.83. The molecule has 0 saturated heterocycles. The number of hydrogen-bond donors (Lipinski definition) is 2. The first-order valence-corrected chi connectivity index (χ1v) is 14.8. The minimum absolute atomic E-state index is 0.00841. The van der Waals surface area contributed by atoms with Gasteiger partial charge in [-0.1, -0.05) is 0 Å². The van der Waals surface area contributed by atoms with E-state index >= 15 is 4.39 Å². The van der Waals surface area contributed by atoms with Gasteiger partial charge in [0, 0.05) is 18.3 Å². The highest BCUT2D eigenvalue weighted by molar-refractivity contribution is 5.99. The monoisotopic (exact) mass is 621 g/mol. The molecule has 3 aliphatic carbocycles. The summed E-state index contributed by atoms with van der Waals surface area (Å²) in [5.74, 6) is -3.44. The van der Waals surface area contributed by atoms with Gasteiger partial charge in [0.1, 0.15) is 11.6 Å². The van der Waals surface area contributed by atoms with Crippen LogP contribution in [0.5, 0.6) is 11.5 Å². The summed E-state index contributed by atoms with van der Waals surface area (Å²) in [4.78, 5) is 42.8. The number of ether oxygens (including phenoxy) is 3. The summed E-state index contributed by atoms with van der Waals surface area (Å²) < 4.78 is 70.8. The molecule has 1 aromatic carbocycles. The van der Waals surface area contributed by atoms with Gasteiger partial charge in [0.05, 0.1) is 42.8 Å². The molecule has 1 aromatic heterocycles. The molecule has 2 aromatic rings. The number of pyridine rings is 1. The third-order valence-electron chi connectivity index (χ3n) is 8.94. The number of fused-ring (bicyclic) bond motifs is 2. The van der Waals surface area contributed by atoms with Gasteiger partial charge < -0.3 is 24.8 Å². The van der Waals surface area contributed by atoms with Crippen molar-refractivity contribution >= 4 is 23.6 Å². The molecule has 44 heavy (non-hydrogen) atoms. The van der Waals surface area contributed by atoms with Crippen LogP contribution in [-0.4, -0.2) is 48.6 Å². The summed E-state index contributed by atoms with van der Waals surface area (Å²) in [5.41, 5.74) is -0.917. The lowest BCUT2D eigenvalue weighted by Crippen LogP contribution is -2.48. The average molecular weight is 622 g/mol. The van der Waals surface area contributed by atoms with E-state index in [2.05, 4.69) is 15.6 Å². The fraction of sp³-hybridized carbons (Fsp3) is 0.548. The maximum atomic E-state index is 15.0. The van der Waals surface area contributed by atoms with Crippen LogP contribution >= 0.6 is 0 Å². The Morgan fingerprint density at radius 3 is 2.41 bits per heavy atom. The minimum Gasteiger partial charge on any atom is -0.496 e. The first-order valence-electron chi connectivity index (χ1n) is 14.8. The van der Waals surface area contributed by atoms with Crippen molar-refractivity contribution in [2.75, 3.05) is 19.0 Å². The van der Waals surface area contributed by atoms with E-state index in [0.717, 1.165) is 37.2 Å². The number of hydrogen-bond acceptors (Lipinski definition) is 7. The van der Waals surface area contributed by atoms with Crippen molar-refractivity contribution < 1.29 is 46.2 Å². The molecule has 9 nitrogen and oxygen atoms in total. The van der Waals surface area contributed by atoms with Gasteiger partial charge in [-0.25, -0.2) is 9.37 Å². The summed E-state index contributed by atoms with van der Waals surface area (Å²) in [6.07, 6.45) is 0.348. The first-order chi connectivity index (χ1) is 21.0. The molecule has 2 N–H and O–H groups in total. The van der Waals surface area contributed by atoms with Gasteiger partial charge in [-0.15, -0.1) is 0 Å². The number of rotatable bonds is 9. The summed E-state index contributed by atoms with van der Waals surface area (Å²) in [6.45, 7) is 2.05. The molecular weight excluding hydrogens is 586 g/mol. The van der Waals surface area contributed by atoms with Crippen LogP contribution in [0.1, 0.15) is 67.8 Å². The summed E-state index contributed by atoms with van der Waals surface area (Å²) in [5, 5.41) is 5.43. The number of nitrogens with zero attached hydrogens (tertiary/aromatic N) is 1. The summed E-state index contributed by atoms with van der Waals surface area (Å²) in [7, 11) is 1.30. The lowest BCUT2D eigenvalue weighted by molar-refractivity contribution is -0.149. The molecule has 2 amide bonds. The van der Waals surface area contributed by atoms with E-state index in [1.807, 2.05) is 0 Å². The molecule has 238 valence electrons. The Balaban J connectivity index is 1.29. The average Bonchev–Trinajstić information content (AvgIpc) is 3.60. The SMILES string of the molecule is CCOC(=O)[C@H]1CC[C@@H](Oc2cc(C(=O)N[C@@H]3[C@H]4CC[C@H](C4)[C@@H]3C(=O)Nc3cc(C(F)(F)F)ccn3)c(OC)cc2F)CC1. The molecule has 3 aliphatic rings. The third-order valence-corrected chi connectivity index (χ3v) is 8.94. The normalized spacial score (nSPS) is 26.1. The van der Waals surface area contributed by atoms with E-state index in [9.17, 15) is 27.6 Å². The van der Waals surface area contributed by atoms with Crippen molar-refractivity contribution in [2.45, 2.75) is 70.2 Å². The number of aromatic nitrogens is 1. The predicted molar refractivity (Wildman–Crippen MR) is 149 cm³/mol. The Hall–Kier alpha value is -3.90. The molecule has 13 heteroatoms. The van der Waals surface area contributed by atoms with Crippen LogP contribution in [0.25, 0.3) is 0 Å². The highest BCUT2D eigenvalue weighted by Gasteiger charge is 2.51. The van der Waals surface area contributed by atoms with Crippen LogP contribution in [0.2, 0.25) is 0 Å². The number of anilines is 1. The Labute approximate surface area is 252 Å². The standard InChI is InChI=1S/C31H35F4N3O6/c1-3-43-30(41)16-6-8-20(9-7-16)44-24-14-21(23(42-2)15-22(24)32)28(39)38-27-18-5-4-17(12-18)26(27)29(40)37-25-13-19(10-11-36-25)31(33,34)35/h10-11,13-18,20,26-27H,3-9,12H2,1-2H3,(H,38,39)(H,36,37,40)/t16-,17-,18+,20+,26+,27-/m1/s1. The van der Waals surface area contributed by atoms with E-state index < -0.39 is 41.3 Å². The zero-order valence-corrected chi connectivity index (χ0v) is 24.4. The highest BCUT2D eigenvalue weighted by Crippen LogP contribution is 2.49. The number of benzene rings is 1. The van der Waals surface area contributed by atoms with Crippen molar-refractivity contribution in [3.05, 3.63) is 47.4 Å². The number of nitrogens with one attached hydrogen (secondary N) is 2. The van der Waals surface area contributed by atoms with E-state index in [1.54, 1.807) is 6.92 Å². The maximum absolute atomic E-state index is 15.0. The molecule has 5 rings (SSSR count). The van der Waals surface area contributed by atoms with Gasteiger partial charge in [-0.2, -0.15) is 13.2 Å². The molecular formula is C31H35F4N3O6. The van der Waals surface area contributed by atoms with Crippen LogP contribution < -0.4 is 20.1 Å². The second kappa shape index (κ2) is 13.0. The van der Waals surface area contributed by atoms with Crippen molar-refractivity contribution in [1.82, 2.24) is 10.3 Å². The zero-order chi connectivity index (χ0) is 31.6. The van der Waals surface area contributed by atoms with Crippen LogP contribution in [0.3, 0.4) is 0 Å². The molecule has 0 aliphatic heterocycles. The zero-order valence-electron chi connectivity index (χ0n) is 24.4. The summed E-state index contributed by atoms with van der Waals surface area (Å²) in [6, 6.07) is 3.34. The number of methoxy groups -OCH3 is 1. The minimum atomic E-state index is -4.59. The second-order valence-corrected chi connectivity index (χ2v) is 11.6. The van der Waals surface area contributed by atoms with Crippen molar-refractivity contribution in [3.63, 3.8) is 0 Å². The fourth-order valence-electron chi connectivity index (χ4n) is 6.82. The van der Waals surface area contributed by atoms with E-state index in [4.69, 9.17) is 14.2 Å². The molecule has 0 radical (unpaired) electrons. The van der Waals surface area contributed by atoms with Gasteiger partial charge >= 0.3 is 12.1 Å². The Kier molecular flexibility index (Phi) is 9.31. The lowest BCUT2D eigenvalue weighted by Gasteiger charge is -2.31. The topological polar surface area (TPSA) is 116 Å². The van der Waals surface area contributed by atoms with Gasteiger partial charge in [-0.05, 0) is 81.9 Å². The summed E-state index contributed by atoms with van der Waals surface area (Å²) >= 11 is 0. The van der Waals surface area contributed by atoms with Crippen LogP contribution in [-0.2, 0) is 20.5 Å². The van der Waals surface area contributed by atoms with Crippen LogP contribution in [0.4, 0.5) is 23.4 Å². The number of carbonyl (C=O) groups excluding carboxylic acids is 3. The van der Waals surface area contributed by atoms with E-state index in [0.29, 0.717) is 38.7 Å². The highest BCUT2D eigenvalue weighted by atomic mass is 19.4. The van der Waals surface area contributed by atoms with Gasteiger partial charge in [0.15, 0.2) is 11.6 Å². The van der Waals surface area contributed by atoms with Crippen LogP contribution in [0, 0.1) is 29.5 Å². The second-order valence-electron chi connectivity index (χ2n) is 11.6. The Bertz CT molecular complexity index is 1390. The Morgan fingerprint density at radius 2 is 1.73 bits per heavy atom. The maximum Gasteiger partial charge on any atom is 0.416 e. The molecule has 3 saturated carbocycles. The number of amides is 2. The molecule has 1 heterocycles. The van der Waals surface area contributed by atoms with Crippen LogP contribution in [0.15, 0.2) is 30.5 Å². The van der Waals surface area contributed by atoms with Crippen molar-refractivity contribution in [1.29, 1.82) is 0 Å². The van der Waals surface area contributed by atoms with Gasteiger partial charge in [0.2, 0.25) is 5.91 Å².